The zero-order chi connectivity index (χ0) is 17.4. The van der Waals surface area contributed by atoms with Crippen LogP contribution in [0.15, 0.2) is 35.5 Å². The number of aromatic nitrogens is 3. The zero-order valence-corrected chi connectivity index (χ0v) is 16.1. The molecule has 0 aliphatic rings. The van der Waals surface area contributed by atoms with Crippen LogP contribution < -0.4 is 5.32 Å². The molecule has 1 unspecified atom stereocenters. The summed E-state index contributed by atoms with van der Waals surface area (Å²) in [5, 5.41) is 13.3. The molecule has 1 N–H and O–H groups in total. The van der Waals surface area contributed by atoms with E-state index >= 15 is 0 Å². The molecule has 1 heterocycles. The molecule has 1 aromatic carbocycles. The average Bonchev–Trinajstić information content (AvgIpc) is 2.96. The van der Waals surface area contributed by atoms with Crippen molar-refractivity contribution in [3.8, 4) is 0 Å². The van der Waals surface area contributed by atoms with Crippen molar-refractivity contribution in [3.05, 3.63) is 41.7 Å². The molecule has 2 rings (SSSR count). The van der Waals surface area contributed by atoms with Gasteiger partial charge in [-0.25, -0.2) is 0 Å². The normalized spacial score (nSPS) is 12.7. The Labute approximate surface area is 150 Å². The Balaban J connectivity index is 1.75. The van der Waals surface area contributed by atoms with Crippen LogP contribution in [0.25, 0.3) is 0 Å². The Bertz CT molecular complexity index is 595. The predicted octanol–water partition coefficient (Wildman–Crippen LogP) is 3.98. The summed E-state index contributed by atoms with van der Waals surface area (Å²) in [6.07, 6.45) is 4.14. The second kappa shape index (κ2) is 9.84. The molecule has 5 heteroatoms. The first-order valence-corrected chi connectivity index (χ1v) is 10.1. The SMILES string of the molecule is CSc1nnc(CCCNCC(C)c2ccccc2)n1CC(C)C. The number of nitrogens with zero attached hydrogens (tertiary/aromatic N) is 3. The number of thioether (sulfide) groups is 1. The van der Waals surface area contributed by atoms with Crippen LogP contribution in [-0.4, -0.2) is 34.1 Å². The molecule has 0 fully saturated rings. The molecule has 0 amide bonds. The molecule has 0 bridgehead atoms. The average molecular weight is 347 g/mol. The molecule has 0 saturated carbocycles. The summed E-state index contributed by atoms with van der Waals surface area (Å²) < 4.78 is 2.28. The monoisotopic (exact) mass is 346 g/mol. The van der Waals surface area contributed by atoms with Crippen molar-refractivity contribution in [2.24, 2.45) is 5.92 Å². The smallest absolute Gasteiger partial charge is 0.190 e. The molecule has 0 aliphatic carbocycles. The minimum absolute atomic E-state index is 0.541. The molecule has 4 nitrogen and oxygen atoms in total. The Morgan fingerprint density at radius 1 is 1.12 bits per heavy atom. The van der Waals surface area contributed by atoms with E-state index in [1.165, 1.54) is 5.56 Å². The van der Waals surface area contributed by atoms with Crippen molar-refractivity contribution in [1.29, 1.82) is 0 Å². The van der Waals surface area contributed by atoms with Gasteiger partial charge in [-0.3, -0.25) is 0 Å². The predicted molar refractivity (Wildman–Crippen MR) is 103 cm³/mol. The molecular formula is C19H30N4S. The van der Waals surface area contributed by atoms with Gasteiger partial charge in [0.2, 0.25) is 0 Å². The van der Waals surface area contributed by atoms with Gasteiger partial charge in [-0.2, -0.15) is 0 Å². The van der Waals surface area contributed by atoms with E-state index in [1.807, 2.05) is 0 Å². The minimum atomic E-state index is 0.541. The van der Waals surface area contributed by atoms with E-state index in [0.29, 0.717) is 11.8 Å². The van der Waals surface area contributed by atoms with Gasteiger partial charge in [-0.05, 0) is 36.6 Å². The first kappa shape index (κ1) is 19.0. The van der Waals surface area contributed by atoms with E-state index < -0.39 is 0 Å². The number of rotatable bonds is 10. The largest absolute Gasteiger partial charge is 0.316 e. The van der Waals surface area contributed by atoms with Gasteiger partial charge in [0.1, 0.15) is 5.82 Å². The van der Waals surface area contributed by atoms with Crippen LogP contribution in [0, 0.1) is 5.92 Å². The van der Waals surface area contributed by atoms with E-state index in [2.05, 4.69) is 77.4 Å². The van der Waals surface area contributed by atoms with Gasteiger partial charge < -0.3 is 9.88 Å². The first-order chi connectivity index (χ1) is 11.6. The van der Waals surface area contributed by atoms with Gasteiger partial charge in [0.15, 0.2) is 5.16 Å². The van der Waals surface area contributed by atoms with Gasteiger partial charge in [-0.15, -0.1) is 10.2 Å². The summed E-state index contributed by atoms with van der Waals surface area (Å²) in [6.45, 7) is 9.77. The van der Waals surface area contributed by atoms with Crippen LogP contribution in [0.3, 0.4) is 0 Å². The number of aryl methyl sites for hydroxylation is 1. The van der Waals surface area contributed by atoms with Crippen molar-refractivity contribution in [2.75, 3.05) is 19.3 Å². The first-order valence-electron chi connectivity index (χ1n) is 8.83. The highest BCUT2D eigenvalue weighted by Gasteiger charge is 2.12. The number of benzene rings is 1. The van der Waals surface area contributed by atoms with Gasteiger partial charge >= 0.3 is 0 Å². The minimum Gasteiger partial charge on any atom is -0.316 e. The van der Waals surface area contributed by atoms with Crippen molar-refractivity contribution < 1.29 is 0 Å². The highest BCUT2D eigenvalue weighted by atomic mass is 32.2. The Morgan fingerprint density at radius 3 is 2.54 bits per heavy atom. The van der Waals surface area contributed by atoms with Gasteiger partial charge in [0, 0.05) is 19.5 Å². The van der Waals surface area contributed by atoms with E-state index in [0.717, 1.165) is 43.5 Å². The van der Waals surface area contributed by atoms with Gasteiger partial charge in [-0.1, -0.05) is 62.9 Å². The van der Waals surface area contributed by atoms with Crippen LogP contribution in [0.2, 0.25) is 0 Å². The lowest BCUT2D eigenvalue weighted by molar-refractivity contribution is 0.475. The van der Waals surface area contributed by atoms with E-state index in [-0.39, 0.29) is 0 Å². The van der Waals surface area contributed by atoms with Crippen LogP contribution in [0.4, 0.5) is 0 Å². The van der Waals surface area contributed by atoms with Gasteiger partial charge in [0.25, 0.3) is 0 Å². The van der Waals surface area contributed by atoms with Crippen molar-refractivity contribution in [3.63, 3.8) is 0 Å². The molecule has 1 aromatic heterocycles. The second-order valence-corrected chi connectivity index (χ2v) is 7.50. The highest BCUT2D eigenvalue weighted by molar-refractivity contribution is 7.98. The number of nitrogens with one attached hydrogen (secondary N) is 1. The highest BCUT2D eigenvalue weighted by Crippen LogP contribution is 2.17. The molecule has 1 atom stereocenters. The summed E-state index contributed by atoms with van der Waals surface area (Å²) in [7, 11) is 0. The lowest BCUT2D eigenvalue weighted by Gasteiger charge is -2.14. The van der Waals surface area contributed by atoms with E-state index in [9.17, 15) is 0 Å². The van der Waals surface area contributed by atoms with E-state index in [1.54, 1.807) is 11.8 Å². The fraction of sp³-hybridized carbons (Fsp3) is 0.579. The fourth-order valence-electron chi connectivity index (χ4n) is 2.79. The van der Waals surface area contributed by atoms with Crippen LogP contribution in [0.5, 0.6) is 0 Å². The Morgan fingerprint density at radius 2 is 1.88 bits per heavy atom. The van der Waals surface area contributed by atoms with Crippen LogP contribution in [0.1, 0.15) is 44.5 Å². The zero-order valence-electron chi connectivity index (χ0n) is 15.3. The number of hydrogen-bond acceptors (Lipinski definition) is 4. The number of hydrogen-bond donors (Lipinski definition) is 1. The van der Waals surface area contributed by atoms with Crippen molar-refractivity contribution in [1.82, 2.24) is 20.1 Å². The summed E-state index contributed by atoms with van der Waals surface area (Å²) in [5.41, 5.74) is 1.39. The van der Waals surface area contributed by atoms with Crippen molar-refractivity contribution >= 4 is 11.8 Å². The summed E-state index contributed by atoms with van der Waals surface area (Å²) >= 11 is 1.68. The summed E-state index contributed by atoms with van der Waals surface area (Å²) in [4.78, 5) is 0. The van der Waals surface area contributed by atoms with Crippen LogP contribution >= 0.6 is 11.8 Å². The second-order valence-electron chi connectivity index (χ2n) is 6.73. The van der Waals surface area contributed by atoms with Crippen LogP contribution in [-0.2, 0) is 13.0 Å². The molecular weight excluding hydrogens is 316 g/mol. The third-order valence-electron chi connectivity index (χ3n) is 4.10. The quantitative estimate of drug-likeness (QED) is 0.522. The molecule has 0 aliphatic heterocycles. The maximum Gasteiger partial charge on any atom is 0.190 e. The van der Waals surface area contributed by atoms with E-state index in [4.69, 9.17) is 0 Å². The van der Waals surface area contributed by atoms with Crippen molar-refractivity contribution in [2.45, 2.75) is 51.2 Å². The molecule has 0 saturated heterocycles. The third-order valence-corrected chi connectivity index (χ3v) is 4.76. The third kappa shape index (κ3) is 5.64. The maximum atomic E-state index is 4.38. The topological polar surface area (TPSA) is 42.7 Å². The Kier molecular flexibility index (Phi) is 7.79. The summed E-state index contributed by atoms with van der Waals surface area (Å²) in [6, 6.07) is 10.7. The van der Waals surface area contributed by atoms with Gasteiger partial charge in [0.05, 0.1) is 0 Å². The molecule has 24 heavy (non-hydrogen) atoms. The molecule has 2 aromatic rings. The fourth-order valence-corrected chi connectivity index (χ4v) is 3.32. The molecule has 0 spiro atoms. The Hall–Kier alpha value is -1.33. The maximum absolute atomic E-state index is 4.38. The standard InChI is InChI=1S/C19H30N4S/c1-15(2)14-23-18(21-22-19(23)24-4)11-8-12-20-13-16(3)17-9-6-5-7-10-17/h5-7,9-10,15-16,20H,8,11-14H2,1-4H3. The lowest BCUT2D eigenvalue weighted by Crippen LogP contribution is -2.22. The summed E-state index contributed by atoms with van der Waals surface area (Å²) in [5.74, 6) is 2.26. The molecule has 132 valence electrons. The molecule has 0 radical (unpaired) electrons. The lowest BCUT2D eigenvalue weighted by atomic mass is 10.0.